The molecule has 0 radical (unpaired) electrons. The van der Waals surface area contributed by atoms with Gasteiger partial charge in [0.05, 0.1) is 27.7 Å². The van der Waals surface area contributed by atoms with Crippen LogP contribution < -0.4 is 0 Å². The van der Waals surface area contributed by atoms with Crippen LogP contribution in [0.3, 0.4) is 0 Å². The number of rotatable bonds is 59. The number of hydrogen-bond acceptors (Lipinski definition) is 7. The molecule has 0 aromatic carbocycles. The van der Waals surface area contributed by atoms with Crippen molar-refractivity contribution in [3.63, 3.8) is 0 Å². The molecule has 0 bridgehead atoms. The number of hydrogen-bond donors (Lipinski definition) is 1. The van der Waals surface area contributed by atoms with Crippen LogP contribution in [0.5, 0.6) is 0 Å². The van der Waals surface area contributed by atoms with Gasteiger partial charge in [0.25, 0.3) is 0 Å². The summed E-state index contributed by atoms with van der Waals surface area (Å²) in [4.78, 5) is 35.8. The second kappa shape index (κ2) is 63.1. The topological polar surface area (TPSA) is 108 Å². The van der Waals surface area contributed by atoms with E-state index in [4.69, 9.17) is 18.5 Å². The predicted molar refractivity (Wildman–Crippen MR) is 362 cm³/mol. The summed E-state index contributed by atoms with van der Waals surface area (Å²) in [6.07, 6.45) is 94.7. The second-order valence-corrected chi connectivity index (χ2v) is 24.2. The second-order valence-electron chi connectivity index (χ2n) is 22.7. The molecule has 0 spiro atoms. The fraction of sp³-hybridized carbons (Fsp3) is 0.622. The number of allylic oxidation sites excluding steroid dienone is 26. The summed E-state index contributed by atoms with van der Waals surface area (Å²) in [5.74, 6) is -0.818. The van der Waals surface area contributed by atoms with Gasteiger partial charge in [-0.3, -0.25) is 18.6 Å². The molecular formula is C74H123NO8P+. The lowest BCUT2D eigenvalue weighted by Gasteiger charge is -2.24. The minimum atomic E-state index is -4.40. The molecule has 2 atom stereocenters. The molecule has 0 aromatic rings. The molecule has 2 unspecified atom stereocenters. The van der Waals surface area contributed by atoms with Gasteiger partial charge in [0.2, 0.25) is 0 Å². The number of phosphoric acid groups is 1. The number of esters is 2. The minimum absolute atomic E-state index is 0.0220. The molecule has 0 heterocycles. The van der Waals surface area contributed by atoms with Crippen molar-refractivity contribution in [3.05, 3.63) is 158 Å². The summed E-state index contributed by atoms with van der Waals surface area (Å²) in [6, 6.07) is 0. The normalized spacial score (nSPS) is 14.2. The van der Waals surface area contributed by atoms with Gasteiger partial charge in [-0.25, -0.2) is 4.57 Å². The van der Waals surface area contributed by atoms with E-state index in [1.54, 1.807) is 0 Å². The highest BCUT2D eigenvalue weighted by molar-refractivity contribution is 7.47. The Balaban J connectivity index is 4.12. The van der Waals surface area contributed by atoms with Gasteiger partial charge in [-0.05, 0) is 122 Å². The molecule has 0 aliphatic carbocycles. The molecule has 0 aliphatic heterocycles. The highest BCUT2D eigenvalue weighted by Gasteiger charge is 2.27. The van der Waals surface area contributed by atoms with Gasteiger partial charge in [0.1, 0.15) is 19.8 Å². The number of carbonyl (C=O) groups excluding carboxylic acids is 2. The molecule has 0 fully saturated rings. The van der Waals surface area contributed by atoms with E-state index < -0.39 is 26.5 Å². The van der Waals surface area contributed by atoms with Crippen molar-refractivity contribution in [3.8, 4) is 0 Å². The molecule has 9 nitrogen and oxygen atoms in total. The fourth-order valence-electron chi connectivity index (χ4n) is 8.53. The Bertz CT molecular complexity index is 1970. The molecule has 0 amide bonds. The van der Waals surface area contributed by atoms with E-state index in [1.165, 1.54) is 70.6 Å². The molecule has 84 heavy (non-hydrogen) atoms. The van der Waals surface area contributed by atoms with Crippen molar-refractivity contribution in [2.75, 3.05) is 47.5 Å². The first-order valence-corrected chi connectivity index (χ1v) is 34.7. The third-order valence-electron chi connectivity index (χ3n) is 13.6. The Hall–Kier alpha value is -4.37. The Morgan fingerprint density at radius 1 is 0.369 bits per heavy atom. The maximum absolute atomic E-state index is 12.9. The van der Waals surface area contributed by atoms with Gasteiger partial charge in [0, 0.05) is 12.8 Å². The van der Waals surface area contributed by atoms with Crippen LogP contribution in [0.4, 0.5) is 0 Å². The summed E-state index contributed by atoms with van der Waals surface area (Å²) >= 11 is 0. The monoisotopic (exact) mass is 1180 g/mol. The Morgan fingerprint density at radius 3 is 0.952 bits per heavy atom. The Labute approximate surface area is 516 Å². The quantitative estimate of drug-likeness (QED) is 0.0211. The number of phosphoric ester groups is 1. The smallest absolute Gasteiger partial charge is 0.462 e. The van der Waals surface area contributed by atoms with E-state index in [1.807, 2.05) is 21.1 Å². The van der Waals surface area contributed by atoms with Gasteiger partial charge < -0.3 is 18.9 Å². The first-order valence-electron chi connectivity index (χ1n) is 33.2. The van der Waals surface area contributed by atoms with E-state index in [0.717, 1.165) is 141 Å². The summed E-state index contributed by atoms with van der Waals surface area (Å²) in [6.45, 7) is 4.18. The van der Waals surface area contributed by atoms with E-state index in [-0.39, 0.29) is 32.0 Å². The predicted octanol–water partition coefficient (Wildman–Crippen LogP) is 21.6. The maximum atomic E-state index is 12.9. The third-order valence-corrected chi connectivity index (χ3v) is 14.5. The van der Waals surface area contributed by atoms with Crippen molar-refractivity contribution in [1.82, 2.24) is 0 Å². The largest absolute Gasteiger partial charge is 0.472 e. The highest BCUT2D eigenvalue weighted by atomic mass is 31.2. The van der Waals surface area contributed by atoms with Crippen molar-refractivity contribution in [2.45, 2.75) is 251 Å². The number of quaternary nitrogens is 1. The first kappa shape index (κ1) is 79.6. The lowest BCUT2D eigenvalue weighted by Crippen LogP contribution is -2.37. The fourth-order valence-corrected chi connectivity index (χ4v) is 9.27. The highest BCUT2D eigenvalue weighted by Crippen LogP contribution is 2.43. The van der Waals surface area contributed by atoms with Gasteiger partial charge in [-0.15, -0.1) is 0 Å². The SMILES string of the molecule is CC/C=C\C/C=C\C/C=C\C/C=C\C/C=C\C/C=C\C/C=C\C/C=C\C/C=C\CCCCCCCCCCCCCC(=O)OC(COC(=O)CCCCCCCCCC/C=C\C/C=C\C/C=C\C/C=C\CC)COP(=O)(O)OCC[N+](C)(C)C. The van der Waals surface area contributed by atoms with Crippen LogP contribution in [-0.2, 0) is 32.7 Å². The van der Waals surface area contributed by atoms with Gasteiger partial charge in [-0.1, -0.05) is 268 Å². The number of nitrogens with zero attached hydrogens (tertiary/aromatic N) is 1. The molecule has 0 aromatic heterocycles. The van der Waals surface area contributed by atoms with Crippen molar-refractivity contribution in [1.29, 1.82) is 0 Å². The van der Waals surface area contributed by atoms with Crippen LogP contribution in [0.1, 0.15) is 245 Å². The van der Waals surface area contributed by atoms with E-state index in [2.05, 4.69) is 172 Å². The lowest BCUT2D eigenvalue weighted by atomic mass is 10.0. The van der Waals surface area contributed by atoms with Gasteiger partial charge in [0.15, 0.2) is 6.10 Å². The summed E-state index contributed by atoms with van der Waals surface area (Å²) < 4.78 is 34.6. The number of likely N-dealkylation sites (N-methyl/N-ethyl adjacent to an activating group) is 1. The average molecular weight is 1190 g/mol. The van der Waals surface area contributed by atoms with Crippen LogP contribution in [-0.4, -0.2) is 74.9 Å². The molecule has 10 heteroatoms. The van der Waals surface area contributed by atoms with E-state index >= 15 is 0 Å². The number of carbonyl (C=O) groups is 2. The molecular weight excluding hydrogens is 1060 g/mol. The minimum Gasteiger partial charge on any atom is -0.462 e. The van der Waals surface area contributed by atoms with E-state index in [0.29, 0.717) is 17.4 Å². The molecule has 476 valence electrons. The van der Waals surface area contributed by atoms with Crippen molar-refractivity contribution >= 4 is 19.8 Å². The Morgan fingerprint density at radius 2 is 0.643 bits per heavy atom. The lowest BCUT2D eigenvalue weighted by molar-refractivity contribution is -0.870. The number of ether oxygens (including phenoxy) is 2. The third kappa shape index (κ3) is 66.8. The maximum Gasteiger partial charge on any atom is 0.472 e. The number of unbranched alkanes of at least 4 members (excludes halogenated alkanes) is 19. The van der Waals surface area contributed by atoms with Crippen molar-refractivity contribution < 1.29 is 42.1 Å². The summed E-state index contributed by atoms with van der Waals surface area (Å²) in [7, 11) is 1.45. The standard InChI is InChI=1S/C74H122NO8P/c1-6-8-10-12-14-16-18-20-22-24-26-28-29-30-31-32-33-34-35-36-37-38-39-40-41-42-43-44-45-47-49-51-53-55-57-59-61-63-65-67-74(77)83-72(71-82-84(78,79)81-69-68-75(3,4)5)70-80-73(76)66-64-62-60-58-56-54-52-50-48-46-27-25-23-21-19-17-15-13-11-9-7-2/h8-11,14-17,20-23,26-28,30-31,33-34,36-37,39-40,42-43,46,72H,6-7,12-13,18-19,24-25,29,32,35,38,41,44-45,47-71H2,1-5H3/p+1/b10-8-,11-9-,16-14-,17-15-,22-20-,23-21-,28-26-,31-30-,34-33-,37-36-,40-39-,43-42-,46-27-. The van der Waals surface area contributed by atoms with Crippen LogP contribution in [0.2, 0.25) is 0 Å². The van der Waals surface area contributed by atoms with Crippen LogP contribution in [0.25, 0.3) is 0 Å². The van der Waals surface area contributed by atoms with Crippen molar-refractivity contribution in [2.24, 2.45) is 0 Å². The van der Waals surface area contributed by atoms with Crippen LogP contribution in [0, 0.1) is 0 Å². The molecule has 1 N–H and O–H groups in total. The zero-order chi connectivity index (χ0) is 61.2. The summed E-state index contributed by atoms with van der Waals surface area (Å²) in [5, 5.41) is 0. The molecule has 0 saturated carbocycles. The van der Waals surface area contributed by atoms with E-state index in [9.17, 15) is 19.0 Å². The van der Waals surface area contributed by atoms with Gasteiger partial charge >= 0.3 is 19.8 Å². The molecule has 0 aliphatic rings. The molecule has 0 rings (SSSR count). The van der Waals surface area contributed by atoms with Crippen LogP contribution in [0.15, 0.2) is 158 Å². The van der Waals surface area contributed by atoms with Gasteiger partial charge in [-0.2, -0.15) is 0 Å². The average Bonchev–Trinajstić information content (AvgIpc) is 3.61. The molecule has 0 saturated heterocycles. The first-order chi connectivity index (χ1) is 41.0. The Kier molecular flexibility index (Phi) is 59.9. The zero-order valence-electron chi connectivity index (χ0n) is 54.1. The zero-order valence-corrected chi connectivity index (χ0v) is 55.0. The summed E-state index contributed by atoms with van der Waals surface area (Å²) in [5.41, 5.74) is 0. The van der Waals surface area contributed by atoms with Crippen LogP contribution >= 0.6 is 7.82 Å².